The number of aryl methyl sites for hydroxylation is 3. The van der Waals surface area contributed by atoms with E-state index in [1.807, 2.05) is 43.8 Å². The van der Waals surface area contributed by atoms with Gasteiger partial charge in [-0.25, -0.2) is 14.1 Å². The molecule has 1 N–H and O–H groups in total. The van der Waals surface area contributed by atoms with Crippen LogP contribution in [-0.2, 0) is 7.05 Å². The van der Waals surface area contributed by atoms with Crippen molar-refractivity contribution in [1.82, 2.24) is 24.6 Å². The van der Waals surface area contributed by atoms with Crippen LogP contribution in [0.2, 0.25) is 0 Å². The summed E-state index contributed by atoms with van der Waals surface area (Å²) in [6.45, 7) is 3.91. The summed E-state index contributed by atoms with van der Waals surface area (Å²) in [5.41, 5.74) is 3.64. The van der Waals surface area contributed by atoms with Gasteiger partial charge in [0.15, 0.2) is 0 Å². The maximum absolute atomic E-state index is 14.5. The molecule has 1 amide bonds. The molecule has 0 aliphatic carbocycles. The standard InChI is InChI=1S/C23H22FN5O/c1-15-14-16(2)29(27-15)18-10-8-17(9-11-18)23(30)26-21(22-25-12-13-28(22)3)19-6-4-5-7-20(19)24/h4-14,21H,1-3H3,(H,26,30)/t21-/m1/s1. The van der Waals surface area contributed by atoms with Gasteiger partial charge in [0.1, 0.15) is 17.7 Å². The first-order valence-electron chi connectivity index (χ1n) is 9.60. The Kier molecular flexibility index (Phi) is 5.18. The minimum absolute atomic E-state index is 0.314. The van der Waals surface area contributed by atoms with Gasteiger partial charge >= 0.3 is 0 Å². The number of hydrogen-bond donors (Lipinski definition) is 1. The SMILES string of the molecule is Cc1cc(C)n(-c2ccc(C(=O)N[C@H](c3ccccc3F)c3nccn3C)cc2)n1. The number of benzene rings is 2. The number of hydrogen-bond acceptors (Lipinski definition) is 3. The van der Waals surface area contributed by atoms with Crippen LogP contribution in [0.1, 0.15) is 39.2 Å². The zero-order valence-electron chi connectivity index (χ0n) is 17.0. The van der Waals surface area contributed by atoms with Gasteiger partial charge in [-0.1, -0.05) is 18.2 Å². The van der Waals surface area contributed by atoms with Crippen LogP contribution in [-0.4, -0.2) is 25.2 Å². The molecule has 0 bridgehead atoms. The second-order valence-corrected chi connectivity index (χ2v) is 7.21. The van der Waals surface area contributed by atoms with Gasteiger partial charge in [0.25, 0.3) is 5.91 Å². The van der Waals surface area contributed by atoms with E-state index in [-0.39, 0.29) is 5.91 Å². The van der Waals surface area contributed by atoms with Crippen LogP contribution in [0, 0.1) is 19.7 Å². The minimum Gasteiger partial charge on any atom is -0.338 e. The van der Waals surface area contributed by atoms with Gasteiger partial charge in [-0.3, -0.25) is 4.79 Å². The van der Waals surface area contributed by atoms with Gasteiger partial charge in [0, 0.05) is 36.3 Å². The third-order valence-electron chi connectivity index (χ3n) is 4.99. The van der Waals surface area contributed by atoms with Crippen LogP contribution in [0.3, 0.4) is 0 Å². The topological polar surface area (TPSA) is 64.7 Å². The second kappa shape index (κ2) is 7.94. The highest BCUT2D eigenvalue weighted by atomic mass is 19.1. The second-order valence-electron chi connectivity index (χ2n) is 7.21. The molecule has 2 aromatic heterocycles. The highest BCUT2D eigenvalue weighted by Crippen LogP contribution is 2.24. The molecule has 1 atom stereocenters. The van der Waals surface area contributed by atoms with E-state index in [2.05, 4.69) is 15.4 Å². The Hall–Kier alpha value is -3.74. The highest BCUT2D eigenvalue weighted by Gasteiger charge is 2.24. The number of carbonyl (C=O) groups is 1. The van der Waals surface area contributed by atoms with Crippen LogP contribution in [0.5, 0.6) is 0 Å². The minimum atomic E-state index is -0.714. The van der Waals surface area contributed by atoms with Crippen molar-refractivity contribution < 1.29 is 9.18 Å². The molecule has 0 radical (unpaired) electrons. The Morgan fingerprint density at radius 2 is 1.83 bits per heavy atom. The molecule has 0 saturated carbocycles. The van der Waals surface area contributed by atoms with E-state index >= 15 is 0 Å². The van der Waals surface area contributed by atoms with Crippen LogP contribution in [0.25, 0.3) is 5.69 Å². The molecule has 0 fully saturated rings. The Bertz CT molecular complexity index is 1190. The molecule has 0 spiro atoms. The van der Waals surface area contributed by atoms with Crippen LogP contribution in [0.15, 0.2) is 67.0 Å². The molecule has 2 aromatic carbocycles. The molecule has 152 valence electrons. The smallest absolute Gasteiger partial charge is 0.252 e. The van der Waals surface area contributed by atoms with Crippen LogP contribution < -0.4 is 5.32 Å². The third kappa shape index (κ3) is 3.74. The van der Waals surface area contributed by atoms with E-state index < -0.39 is 11.9 Å². The number of imidazole rings is 1. The van der Waals surface area contributed by atoms with Gasteiger partial charge < -0.3 is 9.88 Å². The predicted molar refractivity (Wildman–Crippen MR) is 112 cm³/mol. The monoisotopic (exact) mass is 403 g/mol. The summed E-state index contributed by atoms with van der Waals surface area (Å²) in [6, 6.07) is 14.8. The van der Waals surface area contributed by atoms with Gasteiger partial charge in [0.2, 0.25) is 0 Å². The summed E-state index contributed by atoms with van der Waals surface area (Å²) < 4.78 is 18.1. The van der Waals surface area contributed by atoms with Crippen molar-refractivity contribution in [3.8, 4) is 5.69 Å². The fourth-order valence-electron chi connectivity index (χ4n) is 3.50. The zero-order chi connectivity index (χ0) is 21.3. The van der Waals surface area contributed by atoms with Crippen LogP contribution >= 0.6 is 0 Å². The first-order chi connectivity index (χ1) is 14.4. The summed E-state index contributed by atoms with van der Waals surface area (Å²) in [4.78, 5) is 17.3. The molecule has 0 aliphatic heterocycles. The molecule has 2 heterocycles. The van der Waals surface area contributed by atoms with E-state index in [1.54, 1.807) is 47.3 Å². The van der Waals surface area contributed by atoms with E-state index in [9.17, 15) is 9.18 Å². The maximum Gasteiger partial charge on any atom is 0.252 e. The van der Waals surface area contributed by atoms with Gasteiger partial charge in [-0.15, -0.1) is 0 Å². The lowest BCUT2D eigenvalue weighted by Gasteiger charge is -2.20. The largest absolute Gasteiger partial charge is 0.338 e. The number of halogens is 1. The summed E-state index contributed by atoms with van der Waals surface area (Å²) in [7, 11) is 1.81. The molecular formula is C23H22FN5O. The van der Waals surface area contributed by atoms with Crippen molar-refractivity contribution in [2.75, 3.05) is 0 Å². The summed E-state index contributed by atoms with van der Waals surface area (Å²) in [5, 5.41) is 7.38. The Morgan fingerprint density at radius 1 is 1.10 bits per heavy atom. The molecule has 6 nitrogen and oxygen atoms in total. The molecular weight excluding hydrogens is 381 g/mol. The van der Waals surface area contributed by atoms with Crippen molar-refractivity contribution in [3.63, 3.8) is 0 Å². The van der Waals surface area contributed by atoms with Crippen molar-refractivity contribution in [1.29, 1.82) is 0 Å². The number of nitrogens with one attached hydrogen (secondary N) is 1. The predicted octanol–water partition coefficient (Wildman–Crippen LogP) is 3.88. The number of carbonyl (C=O) groups excluding carboxylic acids is 1. The lowest BCUT2D eigenvalue weighted by molar-refractivity contribution is 0.0940. The van der Waals surface area contributed by atoms with Crippen molar-refractivity contribution in [3.05, 3.63) is 101 Å². The number of nitrogens with zero attached hydrogens (tertiary/aromatic N) is 4. The number of aromatic nitrogens is 4. The van der Waals surface area contributed by atoms with Gasteiger partial charge in [-0.05, 0) is 50.2 Å². The Morgan fingerprint density at radius 3 is 2.43 bits per heavy atom. The van der Waals surface area contributed by atoms with Crippen molar-refractivity contribution >= 4 is 5.91 Å². The van der Waals surface area contributed by atoms with E-state index in [0.29, 0.717) is 17.0 Å². The number of amides is 1. The van der Waals surface area contributed by atoms with E-state index in [0.717, 1.165) is 17.1 Å². The molecule has 4 rings (SSSR count). The molecule has 4 aromatic rings. The summed E-state index contributed by atoms with van der Waals surface area (Å²) in [6.07, 6.45) is 3.39. The fraction of sp³-hybridized carbons (Fsp3) is 0.174. The lowest BCUT2D eigenvalue weighted by atomic mass is 10.0. The first-order valence-corrected chi connectivity index (χ1v) is 9.60. The number of rotatable bonds is 5. The zero-order valence-corrected chi connectivity index (χ0v) is 17.0. The third-order valence-corrected chi connectivity index (χ3v) is 4.99. The summed E-state index contributed by atoms with van der Waals surface area (Å²) in [5.74, 6) is -0.162. The van der Waals surface area contributed by atoms with Crippen molar-refractivity contribution in [2.24, 2.45) is 7.05 Å². The molecule has 30 heavy (non-hydrogen) atoms. The van der Waals surface area contributed by atoms with Crippen LogP contribution in [0.4, 0.5) is 4.39 Å². The average Bonchev–Trinajstić information content (AvgIpc) is 3.31. The molecule has 0 unspecified atom stereocenters. The van der Waals surface area contributed by atoms with Crippen molar-refractivity contribution in [2.45, 2.75) is 19.9 Å². The Balaban J connectivity index is 1.62. The lowest BCUT2D eigenvalue weighted by Crippen LogP contribution is -2.31. The van der Waals surface area contributed by atoms with Gasteiger partial charge in [-0.2, -0.15) is 5.10 Å². The Labute approximate surface area is 174 Å². The highest BCUT2D eigenvalue weighted by molar-refractivity contribution is 5.94. The first kappa shape index (κ1) is 19.6. The average molecular weight is 403 g/mol. The van der Waals surface area contributed by atoms with E-state index in [4.69, 9.17) is 0 Å². The van der Waals surface area contributed by atoms with Gasteiger partial charge in [0.05, 0.1) is 11.4 Å². The molecule has 7 heteroatoms. The quantitative estimate of drug-likeness (QED) is 0.550. The van der Waals surface area contributed by atoms with E-state index in [1.165, 1.54) is 6.07 Å². The fourth-order valence-corrected chi connectivity index (χ4v) is 3.50. The summed E-state index contributed by atoms with van der Waals surface area (Å²) >= 11 is 0. The molecule has 0 saturated heterocycles. The maximum atomic E-state index is 14.5. The molecule has 0 aliphatic rings. The normalized spacial score (nSPS) is 12.0.